The summed E-state index contributed by atoms with van der Waals surface area (Å²) in [6.45, 7) is 4.92. The van der Waals surface area contributed by atoms with Gasteiger partial charge in [-0.2, -0.15) is 0 Å². The Morgan fingerprint density at radius 2 is 2.27 bits per heavy atom. The van der Waals surface area contributed by atoms with Gasteiger partial charge in [0.15, 0.2) is 0 Å². The molecule has 0 radical (unpaired) electrons. The molecule has 11 heavy (non-hydrogen) atoms. The minimum atomic E-state index is 0.650. The minimum absolute atomic E-state index is 0.650. The first kappa shape index (κ1) is 6.28. The maximum absolute atomic E-state index is 2.50. The molecule has 2 saturated carbocycles. The second-order valence-electron chi connectivity index (χ2n) is 5.02. The van der Waals surface area contributed by atoms with Crippen molar-refractivity contribution in [3.63, 3.8) is 0 Å². The first-order valence-corrected chi connectivity index (χ1v) is 4.92. The fourth-order valence-electron chi connectivity index (χ4n) is 3.21. The van der Waals surface area contributed by atoms with E-state index in [1.165, 1.54) is 19.3 Å². The topological polar surface area (TPSA) is 0 Å². The summed E-state index contributed by atoms with van der Waals surface area (Å²) < 4.78 is 0. The van der Waals surface area contributed by atoms with Crippen LogP contribution < -0.4 is 0 Å². The molecule has 0 nitrogen and oxygen atoms in total. The number of fused-ring (bicyclic) bond motifs is 3. The molecule has 3 rings (SSSR count). The van der Waals surface area contributed by atoms with E-state index in [4.69, 9.17) is 0 Å². The first-order chi connectivity index (χ1) is 5.22. The van der Waals surface area contributed by atoms with Gasteiger partial charge in [0.1, 0.15) is 0 Å². The van der Waals surface area contributed by atoms with Crippen LogP contribution in [0.1, 0.15) is 33.1 Å². The highest BCUT2D eigenvalue weighted by Crippen LogP contribution is 2.66. The lowest BCUT2D eigenvalue weighted by molar-refractivity contribution is 0.168. The third-order valence-corrected chi connectivity index (χ3v) is 4.47. The van der Waals surface area contributed by atoms with Crippen molar-refractivity contribution in [3.05, 3.63) is 11.6 Å². The summed E-state index contributed by atoms with van der Waals surface area (Å²) in [7, 11) is 0. The van der Waals surface area contributed by atoms with Crippen molar-refractivity contribution in [2.45, 2.75) is 33.1 Å². The third-order valence-electron chi connectivity index (χ3n) is 4.47. The molecule has 4 atom stereocenters. The quantitative estimate of drug-likeness (QED) is 0.463. The molecule has 60 valence electrons. The summed E-state index contributed by atoms with van der Waals surface area (Å²) in [5.41, 5.74) is 2.48. The second-order valence-corrected chi connectivity index (χ2v) is 5.02. The Bertz CT molecular complexity index is 238. The van der Waals surface area contributed by atoms with Gasteiger partial charge < -0.3 is 0 Å². The molecule has 0 heterocycles. The van der Waals surface area contributed by atoms with Crippen LogP contribution in [0.5, 0.6) is 0 Å². The summed E-state index contributed by atoms with van der Waals surface area (Å²) in [6, 6.07) is 0. The first-order valence-electron chi connectivity index (χ1n) is 4.92. The van der Waals surface area contributed by atoms with E-state index < -0.39 is 0 Å². The summed E-state index contributed by atoms with van der Waals surface area (Å²) in [5, 5.41) is 0. The van der Waals surface area contributed by atoms with Gasteiger partial charge in [0.2, 0.25) is 0 Å². The van der Waals surface area contributed by atoms with Crippen LogP contribution in [0.4, 0.5) is 0 Å². The van der Waals surface area contributed by atoms with Crippen LogP contribution in [0.3, 0.4) is 0 Å². The van der Waals surface area contributed by atoms with Crippen molar-refractivity contribution in [3.8, 4) is 0 Å². The fraction of sp³-hybridized carbons (Fsp3) is 0.818. The Hall–Kier alpha value is -0.260. The van der Waals surface area contributed by atoms with Gasteiger partial charge in [0.05, 0.1) is 0 Å². The monoisotopic (exact) mass is 148 g/mol. The van der Waals surface area contributed by atoms with E-state index in [1.807, 2.05) is 5.57 Å². The van der Waals surface area contributed by atoms with Crippen molar-refractivity contribution in [1.82, 2.24) is 0 Å². The highest BCUT2D eigenvalue weighted by Gasteiger charge is 2.56. The molecule has 0 saturated heterocycles. The van der Waals surface area contributed by atoms with Gasteiger partial charge in [-0.05, 0) is 42.4 Å². The van der Waals surface area contributed by atoms with E-state index >= 15 is 0 Å². The Balaban J connectivity index is 2.01. The number of rotatable bonds is 0. The van der Waals surface area contributed by atoms with E-state index in [9.17, 15) is 0 Å². The molecule has 0 heteroatoms. The Kier molecular flexibility index (Phi) is 0.898. The lowest BCUT2D eigenvalue weighted by Gasteiger charge is -2.47. The smallest absolute Gasteiger partial charge is 0.00533 e. The SMILES string of the molecule is C[C@H]1CC2CC2C2=CCC21C. The van der Waals surface area contributed by atoms with Crippen LogP contribution in [0, 0.1) is 23.2 Å². The van der Waals surface area contributed by atoms with Crippen molar-refractivity contribution < 1.29 is 0 Å². The molecular weight excluding hydrogens is 132 g/mol. The zero-order valence-corrected chi connectivity index (χ0v) is 7.43. The van der Waals surface area contributed by atoms with Crippen LogP contribution in [-0.2, 0) is 0 Å². The van der Waals surface area contributed by atoms with Crippen molar-refractivity contribution in [1.29, 1.82) is 0 Å². The summed E-state index contributed by atoms with van der Waals surface area (Å²) >= 11 is 0. The predicted molar refractivity (Wildman–Crippen MR) is 46.2 cm³/mol. The standard InChI is InChI=1S/C11H16/c1-7-5-8-6-9(8)10-3-4-11(7,10)2/h3,7-9H,4-6H2,1-2H3/t7-,8?,9?,11?/m0/s1. The van der Waals surface area contributed by atoms with E-state index in [-0.39, 0.29) is 0 Å². The Labute approximate surface area is 68.7 Å². The van der Waals surface area contributed by atoms with Gasteiger partial charge in [-0.3, -0.25) is 0 Å². The molecule has 0 N–H and O–H groups in total. The molecule has 0 aliphatic heterocycles. The maximum atomic E-state index is 2.50. The van der Waals surface area contributed by atoms with Gasteiger partial charge in [0.25, 0.3) is 0 Å². The van der Waals surface area contributed by atoms with E-state index in [1.54, 1.807) is 0 Å². The summed E-state index contributed by atoms with van der Waals surface area (Å²) in [4.78, 5) is 0. The number of allylic oxidation sites excluding steroid dienone is 2. The van der Waals surface area contributed by atoms with Crippen molar-refractivity contribution >= 4 is 0 Å². The van der Waals surface area contributed by atoms with Gasteiger partial charge in [-0.25, -0.2) is 0 Å². The van der Waals surface area contributed by atoms with Crippen LogP contribution >= 0.6 is 0 Å². The van der Waals surface area contributed by atoms with Crippen molar-refractivity contribution in [2.75, 3.05) is 0 Å². The van der Waals surface area contributed by atoms with E-state index in [2.05, 4.69) is 19.9 Å². The average molecular weight is 148 g/mol. The van der Waals surface area contributed by atoms with Crippen LogP contribution in [0.2, 0.25) is 0 Å². The molecule has 0 aromatic carbocycles. The molecule has 0 aromatic heterocycles. The van der Waals surface area contributed by atoms with Crippen LogP contribution in [0.15, 0.2) is 11.6 Å². The second kappa shape index (κ2) is 1.57. The normalized spacial score (nSPS) is 58.7. The zero-order chi connectivity index (χ0) is 7.64. The third kappa shape index (κ3) is 0.579. The Morgan fingerprint density at radius 1 is 1.45 bits per heavy atom. The minimum Gasteiger partial charge on any atom is -0.0836 e. The Morgan fingerprint density at radius 3 is 2.91 bits per heavy atom. The lowest BCUT2D eigenvalue weighted by atomic mass is 9.57. The fourth-order valence-corrected chi connectivity index (χ4v) is 3.21. The summed E-state index contributed by atoms with van der Waals surface area (Å²) in [5.74, 6) is 3.11. The van der Waals surface area contributed by atoms with E-state index in [0.29, 0.717) is 5.41 Å². The molecule has 0 aromatic rings. The predicted octanol–water partition coefficient (Wildman–Crippen LogP) is 3.00. The molecule has 3 unspecified atom stereocenters. The molecule has 0 spiro atoms. The molecular formula is C11H16. The lowest BCUT2D eigenvalue weighted by Crippen LogP contribution is -2.37. The van der Waals surface area contributed by atoms with E-state index in [0.717, 1.165) is 17.8 Å². The highest BCUT2D eigenvalue weighted by atomic mass is 14.6. The molecule has 0 amide bonds. The zero-order valence-electron chi connectivity index (χ0n) is 7.43. The highest BCUT2D eigenvalue weighted by molar-refractivity contribution is 5.35. The molecule has 3 aliphatic carbocycles. The molecule has 3 aliphatic rings. The molecule has 0 bridgehead atoms. The van der Waals surface area contributed by atoms with Crippen LogP contribution in [-0.4, -0.2) is 0 Å². The summed E-state index contributed by atoms with van der Waals surface area (Å²) in [6.07, 6.45) is 6.90. The van der Waals surface area contributed by atoms with Gasteiger partial charge in [-0.15, -0.1) is 0 Å². The van der Waals surface area contributed by atoms with Gasteiger partial charge >= 0.3 is 0 Å². The van der Waals surface area contributed by atoms with Gasteiger partial charge in [-0.1, -0.05) is 25.5 Å². The van der Waals surface area contributed by atoms with Crippen molar-refractivity contribution in [2.24, 2.45) is 23.2 Å². The van der Waals surface area contributed by atoms with Gasteiger partial charge in [0, 0.05) is 0 Å². The number of hydrogen-bond donors (Lipinski definition) is 0. The molecule has 2 fully saturated rings. The maximum Gasteiger partial charge on any atom is -0.00533 e. The largest absolute Gasteiger partial charge is 0.0836 e. The average Bonchev–Trinajstić information content (AvgIpc) is 2.62. The van der Waals surface area contributed by atoms with Crippen LogP contribution in [0.25, 0.3) is 0 Å². The number of hydrogen-bond acceptors (Lipinski definition) is 0.